The summed E-state index contributed by atoms with van der Waals surface area (Å²) in [4.78, 5) is 14.4. The third-order valence-electron chi connectivity index (χ3n) is 5.65. The Kier molecular flexibility index (Phi) is 3.57. The van der Waals surface area contributed by atoms with Crippen LogP contribution in [0.15, 0.2) is 30.3 Å². The van der Waals surface area contributed by atoms with Gasteiger partial charge in [-0.3, -0.25) is 0 Å². The minimum atomic E-state index is 0.125. The van der Waals surface area contributed by atoms with Crippen LogP contribution in [0.1, 0.15) is 37.2 Å². The van der Waals surface area contributed by atoms with Gasteiger partial charge in [-0.2, -0.15) is 0 Å². The highest BCUT2D eigenvalue weighted by atomic mass is 16.5. The number of amides is 2. The average molecular weight is 300 g/mol. The van der Waals surface area contributed by atoms with Gasteiger partial charge in [-0.1, -0.05) is 30.3 Å². The lowest BCUT2D eigenvalue weighted by Gasteiger charge is -2.37. The van der Waals surface area contributed by atoms with E-state index in [9.17, 15) is 4.79 Å². The monoisotopic (exact) mass is 300 g/mol. The highest BCUT2D eigenvalue weighted by Crippen LogP contribution is 2.39. The van der Waals surface area contributed by atoms with E-state index in [0.717, 1.165) is 52.0 Å². The third kappa shape index (κ3) is 2.60. The molecule has 1 aromatic rings. The van der Waals surface area contributed by atoms with Crippen LogP contribution < -0.4 is 5.32 Å². The molecule has 22 heavy (non-hydrogen) atoms. The predicted octanol–water partition coefficient (Wildman–Crippen LogP) is 2.75. The minimum absolute atomic E-state index is 0.125. The summed E-state index contributed by atoms with van der Waals surface area (Å²) < 4.78 is 5.53. The smallest absolute Gasteiger partial charge is 0.317 e. The number of urea groups is 1. The number of likely N-dealkylation sites (tertiary alicyclic amines) is 1. The zero-order valence-electron chi connectivity index (χ0n) is 13.0. The minimum Gasteiger partial charge on any atom is -0.381 e. The first kappa shape index (κ1) is 14.1. The molecular weight excluding hydrogens is 276 g/mol. The number of benzene rings is 1. The number of carbonyl (C=O) groups is 1. The number of nitrogens with zero attached hydrogens (tertiary/aromatic N) is 1. The first-order valence-electron chi connectivity index (χ1n) is 8.42. The average Bonchev–Trinajstić information content (AvgIpc) is 3.14. The summed E-state index contributed by atoms with van der Waals surface area (Å²) in [5, 5.41) is 3.21. The molecule has 4 nitrogen and oxygen atoms in total. The van der Waals surface area contributed by atoms with E-state index < -0.39 is 0 Å². The van der Waals surface area contributed by atoms with E-state index >= 15 is 0 Å². The molecule has 2 heterocycles. The number of hydrogen-bond donors (Lipinski definition) is 1. The van der Waals surface area contributed by atoms with E-state index in [1.807, 2.05) is 4.90 Å². The molecule has 3 aliphatic rings. The molecule has 118 valence electrons. The van der Waals surface area contributed by atoms with Crippen LogP contribution in [0.3, 0.4) is 0 Å². The van der Waals surface area contributed by atoms with Gasteiger partial charge >= 0.3 is 6.03 Å². The summed E-state index contributed by atoms with van der Waals surface area (Å²) in [6.45, 7) is 3.44. The second-order valence-corrected chi connectivity index (χ2v) is 7.20. The van der Waals surface area contributed by atoms with E-state index in [1.165, 1.54) is 5.56 Å². The Morgan fingerprint density at radius 1 is 1.23 bits per heavy atom. The van der Waals surface area contributed by atoms with Gasteiger partial charge in [0, 0.05) is 31.2 Å². The first-order chi connectivity index (χ1) is 10.7. The number of hydrogen-bond acceptors (Lipinski definition) is 2. The van der Waals surface area contributed by atoms with Gasteiger partial charge in [0.1, 0.15) is 0 Å². The van der Waals surface area contributed by atoms with Crippen LogP contribution in [0.4, 0.5) is 4.79 Å². The Morgan fingerprint density at radius 2 is 2.05 bits per heavy atom. The molecular formula is C18H24N2O2. The SMILES string of the molecule is O=C(NC1CC(c2ccccc2)C1)N1CC[C@]2(CCOC2)C1. The van der Waals surface area contributed by atoms with Crippen LogP contribution in [-0.4, -0.2) is 43.3 Å². The Hall–Kier alpha value is -1.55. The van der Waals surface area contributed by atoms with Crippen molar-refractivity contribution in [3.05, 3.63) is 35.9 Å². The molecule has 0 unspecified atom stereocenters. The predicted molar refractivity (Wildman–Crippen MR) is 84.8 cm³/mol. The van der Waals surface area contributed by atoms with E-state index in [4.69, 9.17) is 4.74 Å². The van der Waals surface area contributed by atoms with Crippen molar-refractivity contribution in [1.29, 1.82) is 0 Å². The maximum Gasteiger partial charge on any atom is 0.317 e. The highest BCUT2D eigenvalue weighted by Gasteiger charge is 2.43. The lowest BCUT2D eigenvalue weighted by molar-refractivity contribution is 0.150. The largest absolute Gasteiger partial charge is 0.381 e. The Labute approximate surface area is 131 Å². The van der Waals surface area contributed by atoms with Crippen LogP contribution in [0, 0.1) is 5.41 Å². The van der Waals surface area contributed by atoms with Crippen molar-refractivity contribution in [3.8, 4) is 0 Å². The molecule has 3 fully saturated rings. The van der Waals surface area contributed by atoms with Gasteiger partial charge in [-0.15, -0.1) is 0 Å². The van der Waals surface area contributed by atoms with E-state index in [0.29, 0.717) is 12.0 Å². The van der Waals surface area contributed by atoms with Crippen LogP contribution in [0.2, 0.25) is 0 Å². The molecule has 1 aliphatic carbocycles. The highest BCUT2D eigenvalue weighted by molar-refractivity contribution is 5.75. The summed E-state index contributed by atoms with van der Waals surface area (Å²) in [6, 6.07) is 11.1. The molecule has 0 radical (unpaired) electrons. The number of ether oxygens (including phenoxy) is 1. The lowest BCUT2D eigenvalue weighted by atomic mass is 9.76. The van der Waals surface area contributed by atoms with Crippen LogP contribution >= 0.6 is 0 Å². The van der Waals surface area contributed by atoms with Gasteiger partial charge in [0.05, 0.1) is 6.61 Å². The van der Waals surface area contributed by atoms with Gasteiger partial charge in [0.2, 0.25) is 0 Å². The molecule has 1 spiro atoms. The van der Waals surface area contributed by atoms with Crippen LogP contribution in [0.5, 0.6) is 0 Å². The molecule has 2 aliphatic heterocycles. The maximum atomic E-state index is 12.4. The Balaban J connectivity index is 1.26. The molecule has 2 saturated heterocycles. The standard InChI is InChI=1S/C18H24N2O2/c21-17(20-8-6-18(12-20)7-9-22-13-18)19-16-10-15(11-16)14-4-2-1-3-5-14/h1-5,15-16H,6-13H2,(H,19,21)/t15?,16?,18-/m0/s1. The Bertz CT molecular complexity index is 533. The van der Waals surface area contributed by atoms with Crippen LogP contribution in [-0.2, 0) is 4.74 Å². The van der Waals surface area contributed by atoms with Gasteiger partial charge < -0.3 is 15.0 Å². The van der Waals surface area contributed by atoms with Gasteiger partial charge in [-0.05, 0) is 37.2 Å². The summed E-state index contributed by atoms with van der Waals surface area (Å²) >= 11 is 0. The van der Waals surface area contributed by atoms with Crippen molar-refractivity contribution in [1.82, 2.24) is 10.2 Å². The molecule has 0 bridgehead atoms. The molecule has 1 atom stereocenters. The number of carbonyl (C=O) groups excluding carboxylic acids is 1. The van der Waals surface area contributed by atoms with E-state index in [2.05, 4.69) is 35.6 Å². The topological polar surface area (TPSA) is 41.6 Å². The van der Waals surface area contributed by atoms with Crippen molar-refractivity contribution in [3.63, 3.8) is 0 Å². The fourth-order valence-electron chi connectivity index (χ4n) is 4.08. The zero-order valence-corrected chi connectivity index (χ0v) is 13.0. The fourth-order valence-corrected chi connectivity index (χ4v) is 4.08. The van der Waals surface area contributed by atoms with Crippen LogP contribution in [0.25, 0.3) is 0 Å². The third-order valence-corrected chi connectivity index (χ3v) is 5.65. The second kappa shape index (κ2) is 5.58. The quantitative estimate of drug-likeness (QED) is 0.912. The number of nitrogens with one attached hydrogen (secondary N) is 1. The molecule has 0 aromatic heterocycles. The van der Waals surface area contributed by atoms with E-state index in [1.54, 1.807) is 0 Å². The molecule has 2 amide bonds. The molecule has 1 N–H and O–H groups in total. The summed E-state index contributed by atoms with van der Waals surface area (Å²) in [5.74, 6) is 0.611. The van der Waals surface area contributed by atoms with Crippen molar-refractivity contribution in [2.45, 2.75) is 37.6 Å². The Morgan fingerprint density at radius 3 is 2.77 bits per heavy atom. The van der Waals surface area contributed by atoms with Gasteiger partial charge in [0.15, 0.2) is 0 Å². The van der Waals surface area contributed by atoms with Gasteiger partial charge in [0.25, 0.3) is 0 Å². The summed E-state index contributed by atoms with van der Waals surface area (Å²) in [7, 11) is 0. The number of rotatable bonds is 2. The lowest BCUT2D eigenvalue weighted by Crippen LogP contribution is -2.49. The van der Waals surface area contributed by atoms with E-state index in [-0.39, 0.29) is 11.4 Å². The molecule has 1 aromatic carbocycles. The van der Waals surface area contributed by atoms with Crippen molar-refractivity contribution >= 4 is 6.03 Å². The van der Waals surface area contributed by atoms with Crippen molar-refractivity contribution in [2.75, 3.05) is 26.3 Å². The summed E-state index contributed by atoms with van der Waals surface area (Å²) in [6.07, 6.45) is 4.34. The zero-order chi connectivity index (χ0) is 15.0. The van der Waals surface area contributed by atoms with Gasteiger partial charge in [-0.25, -0.2) is 4.79 Å². The van der Waals surface area contributed by atoms with Crippen molar-refractivity contribution < 1.29 is 9.53 Å². The second-order valence-electron chi connectivity index (χ2n) is 7.20. The normalized spacial score (nSPS) is 33.9. The fraction of sp³-hybridized carbons (Fsp3) is 0.611. The first-order valence-corrected chi connectivity index (χ1v) is 8.42. The molecule has 1 saturated carbocycles. The summed E-state index contributed by atoms with van der Waals surface area (Å²) in [5.41, 5.74) is 1.65. The molecule has 4 heteroatoms. The van der Waals surface area contributed by atoms with Crippen molar-refractivity contribution in [2.24, 2.45) is 5.41 Å². The molecule has 4 rings (SSSR count). The maximum absolute atomic E-state index is 12.4.